The average Bonchev–Trinajstić information content (AvgIpc) is 2.56. The van der Waals surface area contributed by atoms with E-state index in [0.29, 0.717) is 5.02 Å². The molecule has 3 heteroatoms. The summed E-state index contributed by atoms with van der Waals surface area (Å²) >= 11 is 5.99. The Labute approximate surface area is 135 Å². The summed E-state index contributed by atoms with van der Waals surface area (Å²) in [7, 11) is 0. The van der Waals surface area contributed by atoms with E-state index in [0.717, 1.165) is 22.3 Å². The van der Waals surface area contributed by atoms with Gasteiger partial charge < -0.3 is 5.11 Å². The lowest BCUT2D eigenvalue weighted by Crippen LogP contribution is -2.29. The zero-order chi connectivity index (χ0) is 15.6. The second kappa shape index (κ2) is 5.91. The molecule has 22 heavy (non-hydrogen) atoms. The number of aryl methyl sites for hydroxylation is 1. The predicted molar refractivity (Wildman–Crippen MR) is 89.0 cm³/mol. The Morgan fingerprint density at radius 2 is 1.64 bits per heavy atom. The lowest BCUT2D eigenvalue weighted by Gasteiger charge is -2.31. The van der Waals surface area contributed by atoms with Crippen molar-refractivity contribution in [3.63, 3.8) is 0 Å². The molecule has 0 amide bonds. The topological polar surface area (TPSA) is 33.1 Å². The number of benzene rings is 2. The highest BCUT2D eigenvalue weighted by Gasteiger charge is 2.35. The van der Waals surface area contributed by atoms with Gasteiger partial charge in [-0.2, -0.15) is 0 Å². The molecule has 2 nitrogen and oxygen atoms in total. The fraction of sp³-hybridized carbons (Fsp3) is 0.105. The largest absolute Gasteiger partial charge is 0.376 e. The van der Waals surface area contributed by atoms with E-state index in [2.05, 4.69) is 4.98 Å². The molecule has 0 aliphatic rings. The van der Waals surface area contributed by atoms with E-state index in [1.807, 2.05) is 55.5 Å². The minimum atomic E-state index is -1.26. The number of hydrogen-bond donors (Lipinski definition) is 1. The summed E-state index contributed by atoms with van der Waals surface area (Å²) in [6, 6.07) is 18.8. The van der Waals surface area contributed by atoms with E-state index in [9.17, 15) is 5.11 Å². The molecule has 0 fully saturated rings. The summed E-state index contributed by atoms with van der Waals surface area (Å²) in [6.45, 7) is 1.99. The van der Waals surface area contributed by atoms with E-state index in [1.165, 1.54) is 0 Å². The van der Waals surface area contributed by atoms with Crippen molar-refractivity contribution in [2.45, 2.75) is 12.5 Å². The lowest BCUT2D eigenvalue weighted by atomic mass is 9.79. The predicted octanol–water partition coefficient (Wildman–Crippen LogP) is 4.33. The van der Waals surface area contributed by atoms with Gasteiger partial charge in [-0.05, 0) is 41.8 Å². The van der Waals surface area contributed by atoms with Gasteiger partial charge in [0.05, 0.1) is 0 Å². The van der Waals surface area contributed by atoms with Crippen molar-refractivity contribution in [3.8, 4) is 0 Å². The van der Waals surface area contributed by atoms with Crippen LogP contribution in [0.2, 0.25) is 5.02 Å². The SMILES string of the molecule is Cc1ccccc1C(O)(c1ccc(Cl)cc1)c1cccnc1. The van der Waals surface area contributed by atoms with Crippen LogP contribution in [-0.2, 0) is 5.60 Å². The summed E-state index contributed by atoms with van der Waals surface area (Å²) in [5.74, 6) is 0. The van der Waals surface area contributed by atoms with Gasteiger partial charge >= 0.3 is 0 Å². The van der Waals surface area contributed by atoms with Crippen molar-refractivity contribution in [3.05, 3.63) is 100 Å². The molecule has 0 saturated heterocycles. The molecule has 3 rings (SSSR count). The molecule has 0 aliphatic carbocycles. The summed E-state index contributed by atoms with van der Waals surface area (Å²) in [4.78, 5) is 4.16. The Morgan fingerprint density at radius 3 is 2.27 bits per heavy atom. The Hall–Kier alpha value is -2.16. The van der Waals surface area contributed by atoms with Gasteiger partial charge in [-0.25, -0.2) is 0 Å². The molecule has 0 bridgehead atoms. The van der Waals surface area contributed by atoms with E-state index in [4.69, 9.17) is 11.6 Å². The molecule has 0 radical (unpaired) electrons. The zero-order valence-electron chi connectivity index (χ0n) is 12.2. The van der Waals surface area contributed by atoms with Crippen LogP contribution in [0.3, 0.4) is 0 Å². The van der Waals surface area contributed by atoms with Crippen LogP contribution in [0.4, 0.5) is 0 Å². The van der Waals surface area contributed by atoms with Crippen LogP contribution in [0, 0.1) is 6.92 Å². The van der Waals surface area contributed by atoms with E-state index >= 15 is 0 Å². The minimum Gasteiger partial charge on any atom is -0.376 e. The third-order valence-electron chi connectivity index (χ3n) is 3.88. The van der Waals surface area contributed by atoms with E-state index in [1.54, 1.807) is 24.5 Å². The maximum Gasteiger partial charge on any atom is 0.142 e. The van der Waals surface area contributed by atoms with Crippen LogP contribution in [0.15, 0.2) is 73.1 Å². The fourth-order valence-corrected chi connectivity index (χ4v) is 2.85. The number of hydrogen-bond acceptors (Lipinski definition) is 2. The number of aliphatic hydroxyl groups is 1. The molecule has 0 aliphatic heterocycles. The highest BCUT2D eigenvalue weighted by molar-refractivity contribution is 6.30. The standard InChI is InChI=1S/C19H16ClNO/c1-14-5-2-3-7-18(14)19(22,16-6-4-12-21-13-16)15-8-10-17(20)11-9-15/h2-13,22H,1H3. The average molecular weight is 310 g/mol. The highest BCUT2D eigenvalue weighted by atomic mass is 35.5. The van der Waals surface area contributed by atoms with Gasteiger partial charge in [0, 0.05) is 23.0 Å². The van der Waals surface area contributed by atoms with Crippen LogP contribution in [0.5, 0.6) is 0 Å². The lowest BCUT2D eigenvalue weighted by molar-refractivity contribution is 0.124. The number of aromatic nitrogens is 1. The van der Waals surface area contributed by atoms with Gasteiger partial charge in [-0.3, -0.25) is 4.98 Å². The van der Waals surface area contributed by atoms with Crippen molar-refractivity contribution >= 4 is 11.6 Å². The molecular formula is C19H16ClNO. The number of rotatable bonds is 3. The second-order valence-corrected chi connectivity index (χ2v) is 5.71. The highest BCUT2D eigenvalue weighted by Crippen LogP contribution is 2.38. The Balaban J connectivity index is 2.27. The van der Waals surface area contributed by atoms with Gasteiger partial charge in [-0.1, -0.05) is 54.1 Å². The number of halogens is 1. The first-order chi connectivity index (χ1) is 10.6. The smallest absolute Gasteiger partial charge is 0.142 e. The summed E-state index contributed by atoms with van der Waals surface area (Å²) in [5, 5.41) is 12.3. The van der Waals surface area contributed by atoms with Crippen molar-refractivity contribution in [2.24, 2.45) is 0 Å². The Kier molecular flexibility index (Phi) is 3.97. The van der Waals surface area contributed by atoms with Crippen LogP contribution in [-0.4, -0.2) is 10.1 Å². The molecular weight excluding hydrogens is 294 g/mol. The van der Waals surface area contributed by atoms with Gasteiger partial charge in [0.1, 0.15) is 5.60 Å². The second-order valence-electron chi connectivity index (χ2n) is 5.27. The Bertz CT molecular complexity index is 771. The quantitative estimate of drug-likeness (QED) is 0.781. The van der Waals surface area contributed by atoms with Crippen molar-refractivity contribution < 1.29 is 5.11 Å². The van der Waals surface area contributed by atoms with Crippen LogP contribution >= 0.6 is 11.6 Å². The monoisotopic (exact) mass is 309 g/mol. The molecule has 1 atom stereocenters. The third-order valence-corrected chi connectivity index (χ3v) is 4.13. The van der Waals surface area contributed by atoms with E-state index in [-0.39, 0.29) is 0 Å². The van der Waals surface area contributed by atoms with Crippen molar-refractivity contribution in [1.82, 2.24) is 4.98 Å². The molecule has 110 valence electrons. The number of nitrogens with zero attached hydrogens (tertiary/aromatic N) is 1. The summed E-state index contributed by atoms with van der Waals surface area (Å²) < 4.78 is 0. The van der Waals surface area contributed by atoms with E-state index < -0.39 is 5.60 Å². The first kappa shape index (κ1) is 14.8. The van der Waals surface area contributed by atoms with Crippen molar-refractivity contribution in [1.29, 1.82) is 0 Å². The minimum absolute atomic E-state index is 0.641. The van der Waals surface area contributed by atoms with Gasteiger partial charge in [0.2, 0.25) is 0 Å². The first-order valence-electron chi connectivity index (χ1n) is 7.07. The molecule has 1 N–H and O–H groups in total. The van der Waals surface area contributed by atoms with Crippen LogP contribution < -0.4 is 0 Å². The summed E-state index contributed by atoms with van der Waals surface area (Å²) in [5.41, 5.74) is 2.09. The molecule has 1 unspecified atom stereocenters. The van der Waals surface area contributed by atoms with Gasteiger partial charge in [0.15, 0.2) is 0 Å². The molecule has 0 spiro atoms. The zero-order valence-corrected chi connectivity index (χ0v) is 13.0. The molecule has 0 saturated carbocycles. The normalized spacial score (nSPS) is 13.6. The van der Waals surface area contributed by atoms with Gasteiger partial charge in [-0.15, -0.1) is 0 Å². The van der Waals surface area contributed by atoms with Crippen molar-refractivity contribution in [2.75, 3.05) is 0 Å². The van der Waals surface area contributed by atoms with Crippen LogP contribution in [0.1, 0.15) is 22.3 Å². The third kappa shape index (κ3) is 2.52. The molecule has 2 aromatic carbocycles. The fourth-order valence-electron chi connectivity index (χ4n) is 2.72. The van der Waals surface area contributed by atoms with Gasteiger partial charge in [0.25, 0.3) is 0 Å². The maximum absolute atomic E-state index is 11.6. The number of pyridine rings is 1. The summed E-state index contributed by atoms with van der Waals surface area (Å²) in [6.07, 6.45) is 3.39. The van der Waals surface area contributed by atoms with Crippen LogP contribution in [0.25, 0.3) is 0 Å². The molecule has 3 aromatic rings. The molecule has 1 aromatic heterocycles. The maximum atomic E-state index is 11.6. The first-order valence-corrected chi connectivity index (χ1v) is 7.45. The molecule has 1 heterocycles. The Morgan fingerprint density at radius 1 is 0.909 bits per heavy atom.